The number of amides is 1. The molecule has 1 aliphatic heterocycles. The van der Waals surface area contributed by atoms with Gasteiger partial charge in [0.1, 0.15) is 29.8 Å². The van der Waals surface area contributed by atoms with Gasteiger partial charge in [-0.1, -0.05) is 48.9 Å². The van der Waals surface area contributed by atoms with Crippen LogP contribution in [0, 0.1) is 0 Å². The van der Waals surface area contributed by atoms with Crippen LogP contribution in [0.2, 0.25) is 5.02 Å². The van der Waals surface area contributed by atoms with Gasteiger partial charge in [0.2, 0.25) is 5.91 Å². The number of hydrogen-bond acceptors (Lipinski definition) is 10. The van der Waals surface area contributed by atoms with Crippen LogP contribution < -0.4 is 4.74 Å². The number of aliphatic hydroxyl groups excluding tert-OH is 5. The fourth-order valence-electron chi connectivity index (χ4n) is 7.89. The molecule has 3 aromatic rings. The molecular weight excluding hydrogens is 734 g/mol. The number of ketones is 1. The summed E-state index contributed by atoms with van der Waals surface area (Å²) < 4.78 is 6.30. The third kappa shape index (κ3) is 10.9. The van der Waals surface area contributed by atoms with Crippen molar-refractivity contribution in [3.63, 3.8) is 0 Å². The van der Waals surface area contributed by atoms with Crippen molar-refractivity contribution in [1.82, 2.24) is 14.8 Å². The Labute approximate surface area is 335 Å². The molecule has 6 rings (SSSR count). The number of aliphatic hydroxyl groups is 5. The molecule has 5 atom stereocenters. The Bertz CT molecular complexity index is 1780. The fraction of sp³-hybridized carbons (Fsp3) is 0.568. The quantitative estimate of drug-likeness (QED) is 0.101. The largest absolute Gasteiger partial charge is 0.490 e. The number of aryl methyl sites for hydroxylation is 1. The summed E-state index contributed by atoms with van der Waals surface area (Å²) in [4.78, 5) is 34.0. The minimum absolute atomic E-state index is 0.00837. The van der Waals surface area contributed by atoms with E-state index in [2.05, 4.69) is 48.3 Å². The highest BCUT2D eigenvalue weighted by molar-refractivity contribution is 6.31. The molecule has 2 aliphatic carbocycles. The highest BCUT2D eigenvalue weighted by Crippen LogP contribution is 2.55. The van der Waals surface area contributed by atoms with E-state index in [1.54, 1.807) is 0 Å². The molecule has 3 aliphatic rings. The smallest absolute Gasteiger partial charge is 0.222 e. The molecule has 5 N–H and O–H groups in total. The van der Waals surface area contributed by atoms with Gasteiger partial charge >= 0.3 is 0 Å². The average Bonchev–Trinajstić information content (AvgIpc) is 4.17. The summed E-state index contributed by atoms with van der Waals surface area (Å²) in [6.07, 6.45) is 6.22. The van der Waals surface area contributed by atoms with Gasteiger partial charge in [0.25, 0.3) is 0 Å². The normalized spacial score (nSPS) is 19.5. The molecule has 2 saturated carbocycles. The number of piperazine rings is 1. The van der Waals surface area contributed by atoms with Crippen LogP contribution in [0.5, 0.6) is 5.75 Å². The Kier molecular flexibility index (Phi) is 14.6. The van der Waals surface area contributed by atoms with E-state index in [9.17, 15) is 30.0 Å². The number of hydrogen-bond donors (Lipinski definition) is 5. The molecule has 304 valence electrons. The van der Waals surface area contributed by atoms with Crippen molar-refractivity contribution in [3.8, 4) is 16.9 Å². The molecule has 3 fully saturated rings. The maximum Gasteiger partial charge on any atom is 0.222 e. The second kappa shape index (κ2) is 19.4. The van der Waals surface area contributed by atoms with E-state index in [0.29, 0.717) is 38.7 Å². The number of para-hydroxylation sites is 1. The zero-order valence-corrected chi connectivity index (χ0v) is 33.2. The highest BCUT2D eigenvalue weighted by Gasteiger charge is 2.45. The number of carbonyl (C=O) groups excluding carboxylic acids is 2. The van der Waals surface area contributed by atoms with Crippen LogP contribution in [-0.4, -0.2) is 122 Å². The van der Waals surface area contributed by atoms with E-state index in [4.69, 9.17) is 21.4 Å². The lowest BCUT2D eigenvalue weighted by Crippen LogP contribution is -2.50. The number of benzene rings is 2. The van der Waals surface area contributed by atoms with E-state index in [1.165, 1.54) is 16.7 Å². The van der Waals surface area contributed by atoms with Crippen LogP contribution in [0.3, 0.4) is 0 Å². The van der Waals surface area contributed by atoms with Crippen molar-refractivity contribution in [2.75, 3.05) is 39.3 Å². The predicted molar refractivity (Wildman–Crippen MR) is 215 cm³/mol. The summed E-state index contributed by atoms with van der Waals surface area (Å²) in [5, 5.41) is 49.0. The Morgan fingerprint density at radius 2 is 1.66 bits per heavy atom. The van der Waals surface area contributed by atoms with Gasteiger partial charge in [-0.2, -0.15) is 0 Å². The van der Waals surface area contributed by atoms with Gasteiger partial charge < -0.3 is 35.2 Å². The van der Waals surface area contributed by atoms with Gasteiger partial charge in [-0.05, 0) is 110 Å². The number of ether oxygens (including phenoxy) is 1. The van der Waals surface area contributed by atoms with Crippen molar-refractivity contribution in [1.29, 1.82) is 0 Å². The number of carbonyl (C=O) groups is 2. The number of aromatic nitrogens is 1. The van der Waals surface area contributed by atoms with E-state index in [0.717, 1.165) is 73.3 Å². The third-order valence-corrected chi connectivity index (χ3v) is 12.3. The van der Waals surface area contributed by atoms with Crippen LogP contribution in [0.15, 0.2) is 60.9 Å². The molecular formula is C44H58ClN3O8. The van der Waals surface area contributed by atoms with Crippen LogP contribution in [0.1, 0.15) is 93.7 Å². The average molecular weight is 792 g/mol. The van der Waals surface area contributed by atoms with E-state index < -0.39 is 31.0 Å². The summed E-state index contributed by atoms with van der Waals surface area (Å²) >= 11 is 6.79. The standard InChI is InChI=1S/C44H58ClN3O8/c1-29(5-4-8-41(53)48-23-21-47(22-24-48)27-32(50)10-14-38(51)42(54)43(55)39(52)28-49)30-9-13-37(45)31(25-30)15-17-44(18-19-44)36-26-46-20-16-34(36)35-6-2-3-7-40(35)56-33-11-12-33/h2-3,6-7,9,13,16,20,25-26,29,33,38-39,42-43,49,51-52,54-55H,4-5,8,10-12,14-15,17-19,21-24,27-28H2,1H3/t29?,38-,39+,42+,43+/m0/s1. The number of halogens is 1. The number of Topliss-reactive ketones (excluding diaryl/α,β-unsaturated/α-hetero) is 1. The lowest BCUT2D eigenvalue weighted by Gasteiger charge is -2.34. The summed E-state index contributed by atoms with van der Waals surface area (Å²) in [5.41, 5.74) is 6.08. The van der Waals surface area contributed by atoms with Crippen LogP contribution in [-0.2, 0) is 21.4 Å². The summed E-state index contributed by atoms with van der Waals surface area (Å²) in [6.45, 7) is 3.84. The molecule has 12 heteroatoms. The zero-order chi connectivity index (χ0) is 39.8. The van der Waals surface area contributed by atoms with Crippen molar-refractivity contribution in [2.45, 2.75) is 119 Å². The first-order chi connectivity index (χ1) is 27.0. The molecule has 2 heterocycles. The first-order valence-electron chi connectivity index (χ1n) is 20.3. The molecule has 0 radical (unpaired) electrons. The van der Waals surface area contributed by atoms with Crippen molar-refractivity contribution < 1.29 is 39.9 Å². The maximum atomic E-state index is 13.1. The van der Waals surface area contributed by atoms with Gasteiger partial charge in [-0.3, -0.25) is 19.5 Å². The third-order valence-electron chi connectivity index (χ3n) is 12.0. The second-order valence-corrected chi connectivity index (χ2v) is 16.6. The molecule has 1 amide bonds. The van der Waals surface area contributed by atoms with Crippen LogP contribution >= 0.6 is 11.6 Å². The summed E-state index contributed by atoms with van der Waals surface area (Å²) in [7, 11) is 0. The van der Waals surface area contributed by atoms with Crippen molar-refractivity contribution >= 4 is 23.3 Å². The minimum Gasteiger partial charge on any atom is -0.490 e. The minimum atomic E-state index is -1.71. The summed E-state index contributed by atoms with van der Waals surface area (Å²) in [5.74, 6) is 1.21. The number of rotatable bonds is 21. The van der Waals surface area contributed by atoms with Crippen molar-refractivity contribution in [3.05, 3.63) is 82.6 Å². The Morgan fingerprint density at radius 3 is 2.38 bits per heavy atom. The molecule has 1 saturated heterocycles. The highest BCUT2D eigenvalue weighted by atomic mass is 35.5. The Balaban J connectivity index is 0.937. The zero-order valence-electron chi connectivity index (χ0n) is 32.4. The molecule has 2 aromatic carbocycles. The van der Waals surface area contributed by atoms with Gasteiger partial charge in [0.15, 0.2) is 0 Å². The first-order valence-corrected chi connectivity index (χ1v) is 20.7. The lowest BCUT2D eigenvalue weighted by atomic mass is 9.84. The Hall–Kier alpha value is -3.42. The van der Waals surface area contributed by atoms with Crippen molar-refractivity contribution in [2.24, 2.45) is 0 Å². The molecule has 0 spiro atoms. The molecule has 1 aromatic heterocycles. The second-order valence-electron chi connectivity index (χ2n) is 16.2. The van der Waals surface area contributed by atoms with Gasteiger partial charge in [-0.15, -0.1) is 0 Å². The van der Waals surface area contributed by atoms with Gasteiger partial charge in [0, 0.05) is 62.0 Å². The van der Waals surface area contributed by atoms with E-state index in [1.807, 2.05) is 34.3 Å². The molecule has 11 nitrogen and oxygen atoms in total. The first kappa shape index (κ1) is 42.2. The van der Waals surface area contributed by atoms with Crippen LogP contribution in [0.4, 0.5) is 0 Å². The van der Waals surface area contributed by atoms with E-state index in [-0.39, 0.29) is 42.4 Å². The van der Waals surface area contributed by atoms with Gasteiger partial charge in [-0.25, -0.2) is 0 Å². The number of pyridine rings is 1. The Morgan fingerprint density at radius 1 is 0.929 bits per heavy atom. The SMILES string of the molecule is CC(CCCC(=O)N1CCN(CC(=O)CC[C@H](O)[C@@H](O)[C@H](O)[C@H](O)CO)CC1)c1ccc(Cl)c(CCC2(c3cnccc3-c3ccccc3OC3CC3)CC2)c1. The topological polar surface area (TPSA) is 164 Å². The van der Waals surface area contributed by atoms with E-state index >= 15 is 0 Å². The van der Waals surface area contributed by atoms with Crippen LogP contribution in [0.25, 0.3) is 11.1 Å². The molecule has 56 heavy (non-hydrogen) atoms. The maximum absolute atomic E-state index is 13.1. The fourth-order valence-corrected chi connectivity index (χ4v) is 8.10. The monoisotopic (exact) mass is 791 g/mol. The molecule has 0 bridgehead atoms. The summed E-state index contributed by atoms with van der Waals surface area (Å²) in [6, 6.07) is 16.9. The number of nitrogens with zero attached hydrogens (tertiary/aromatic N) is 3. The van der Waals surface area contributed by atoms with Gasteiger partial charge in [0.05, 0.1) is 25.4 Å². The molecule has 1 unspecified atom stereocenters. The lowest BCUT2D eigenvalue weighted by molar-refractivity contribution is -0.133. The predicted octanol–water partition coefficient (Wildman–Crippen LogP) is 4.81.